The van der Waals surface area contributed by atoms with Crippen molar-refractivity contribution >= 4 is 0 Å². The van der Waals surface area contributed by atoms with Gasteiger partial charge < -0.3 is 5.32 Å². The Kier molecular flexibility index (Phi) is 3.54. The normalized spacial score (nSPS) is 28.9. The van der Waals surface area contributed by atoms with Crippen LogP contribution in [0.1, 0.15) is 19.3 Å². The summed E-state index contributed by atoms with van der Waals surface area (Å²) < 4.78 is 37.2. The van der Waals surface area contributed by atoms with E-state index in [1.54, 1.807) is 0 Å². The van der Waals surface area contributed by atoms with E-state index in [4.69, 9.17) is 0 Å². The Balaban J connectivity index is 1.91. The molecule has 1 unspecified atom stereocenters. The molecule has 0 spiro atoms. The van der Waals surface area contributed by atoms with Gasteiger partial charge in [-0.2, -0.15) is 13.2 Å². The maximum Gasteiger partial charge on any atom is 0.412 e. The van der Waals surface area contributed by atoms with Crippen molar-refractivity contribution < 1.29 is 13.2 Å². The molecule has 2 aliphatic rings. The molecule has 1 fully saturated rings. The molecule has 0 aromatic carbocycles. The van der Waals surface area contributed by atoms with Gasteiger partial charge in [0.05, 0.1) is 0 Å². The van der Waals surface area contributed by atoms with Crippen molar-refractivity contribution in [3.05, 3.63) is 11.6 Å². The van der Waals surface area contributed by atoms with E-state index >= 15 is 0 Å². The third-order valence-electron chi connectivity index (χ3n) is 3.39. The summed E-state index contributed by atoms with van der Waals surface area (Å²) >= 11 is 0. The Morgan fingerprint density at radius 2 is 2.19 bits per heavy atom. The lowest BCUT2D eigenvalue weighted by atomic mass is 10.0. The largest absolute Gasteiger partial charge is 0.412 e. The number of nitrogens with one attached hydrogen (secondary N) is 1. The topological polar surface area (TPSA) is 15.3 Å². The van der Waals surface area contributed by atoms with E-state index in [0.29, 0.717) is 19.1 Å². The van der Waals surface area contributed by atoms with Gasteiger partial charge in [-0.3, -0.25) is 4.90 Å². The van der Waals surface area contributed by atoms with Crippen LogP contribution in [0, 0.1) is 0 Å². The summed E-state index contributed by atoms with van der Waals surface area (Å²) in [5, 5.41) is 3.29. The zero-order valence-corrected chi connectivity index (χ0v) is 9.19. The highest BCUT2D eigenvalue weighted by atomic mass is 19.4. The second-order valence-corrected chi connectivity index (χ2v) is 4.47. The third-order valence-corrected chi connectivity index (χ3v) is 3.39. The molecule has 0 saturated carbocycles. The maximum atomic E-state index is 12.4. The minimum Gasteiger partial charge on any atom is -0.315 e. The first kappa shape index (κ1) is 11.9. The van der Waals surface area contributed by atoms with Gasteiger partial charge in [-0.1, -0.05) is 6.08 Å². The van der Waals surface area contributed by atoms with E-state index in [1.165, 1.54) is 6.08 Å². The lowest BCUT2D eigenvalue weighted by molar-refractivity contribution is -0.0964. The van der Waals surface area contributed by atoms with Gasteiger partial charge in [-0.25, -0.2) is 0 Å². The molecule has 0 aromatic heterocycles. The third kappa shape index (κ3) is 2.77. The Hall–Kier alpha value is -0.550. The highest BCUT2D eigenvalue weighted by molar-refractivity contribution is 5.13. The van der Waals surface area contributed by atoms with Crippen LogP contribution in [0.4, 0.5) is 13.2 Å². The molecule has 2 nitrogen and oxygen atoms in total. The molecule has 16 heavy (non-hydrogen) atoms. The minimum atomic E-state index is -4.13. The van der Waals surface area contributed by atoms with E-state index in [-0.39, 0.29) is 12.0 Å². The van der Waals surface area contributed by atoms with Crippen LogP contribution in [-0.4, -0.2) is 43.3 Å². The van der Waals surface area contributed by atoms with Crippen LogP contribution in [0.3, 0.4) is 0 Å². The molecule has 0 aromatic rings. The van der Waals surface area contributed by atoms with E-state index < -0.39 is 6.18 Å². The zero-order valence-electron chi connectivity index (χ0n) is 9.19. The molecule has 2 heterocycles. The molecule has 5 heteroatoms. The second-order valence-electron chi connectivity index (χ2n) is 4.47. The first-order chi connectivity index (χ1) is 7.57. The summed E-state index contributed by atoms with van der Waals surface area (Å²) in [7, 11) is 0. The van der Waals surface area contributed by atoms with E-state index in [1.807, 2.05) is 0 Å². The van der Waals surface area contributed by atoms with Gasteiger partial charge in [0, 0.05) is 31.2 Å². The molecule has 2 aliphatic heterocycles. The van der Waals surface area contributed by atoms with Gasteiger partial charge in [0.15, 0.2) is 0 Å². The van der Waals surface area contributed by atoms with Crippen molar-refractivity contribution in [2.24, 2.45) is 0 Å². The van der Waals surface area contributed by atoms with Crippen LogP contribution in [0.25, 0.3) is 0 Å². The van der Waals surface area contributed by atoms with Crippen molar-refractivity contribution in [3.8, 4) is 0 Å². The van der Waals surface area contributed by atoms with Gasteiger partial charge in [0.25, 0.3) is 0 Å². The van der Waals surface area contributed by atoms with Crippen molar-refractivity contribution in [3.63, 3.8) is 0 Å². The van der Waals surface area contributed by atoms with Gasteiger partial charge in [0.1, 0.15) is 0 Å². The first-order valence-electron chi connectivity index (χ1n) is 5.78. The summed E-state index contributed by atoms with van der Waals surface area (Å²) in [6, 6.07) is 0.416. The maximum absolute atomic E-state index is 12.4. The average molecular weight is 234 g/mol. The van der Waals surface area contributed by atoms with Crippen molar-refractivity contribution in [1.82, 2.24) is 10.2 Å². The molecule has 0 radical (unpaired) electrons. The number of hydrogen-bond acceptors (Lipinski definition) is 2. The monoisotopic (exact) mass is 234 g/mol. The fourth-order valence-corrected chi connectivity index (χ4v) is 2.42. The summed E-state index contributed by atoms with van der Waals surface area (Å²) in [4.78, 5) is 2.15. The number of rotatable bonds is 1. The average Bonchev–Trinajstić information content (AvgIpc) is 2.29. The summed E-state index contributed by atoms with van der Waals surface area (Å²) in [6.45, 7) is 2.93. The molecule has 2 rings (SSSR count). The summed E-state index contributed by atoms with van der Waals surface area (Å²) in [5.74, 6) is 0. The molecule has 1 N–H and O–H groups in total. The molecule has 92 valence electrons. The van der Waals surface area contributed by atoms with Crippen LogP contribution in [0.15, 0.2) is 11.6 Å². The molecular weight excluding hydrogens is 217 g/mol. The SMILES string of the molecule is FC(F)(F)C1=CCN(C2CCCNC2)CC1. The Morgan fingerprint density at radius 1 is 1.38 bits per heavy atom. The molecule has 0 amide bonds. The van der Waals surface area contributed by atoms with E-state index in [2.05, 4.69) is 10.2 Å². The minimum absolute atomic E-state index is 0.139. The molecule has 0 aliphatic carbocycles. The number of nitrogens with zero attached hydrogens (tertiary/aromatic N) is 1. The lowest BCUT2D eigenvalue weighted by Crippen LogP contribution is -2.48. The number of alkyl halides is 3. The second kappa shape index (κ2) is 4.75. The Bertz CT molecular complexity index is 267. The van der Waals surface area contributed by atoms with Crippen LogP contribution in [0.5, 0.6) is 0 Å². The van der Waals surface area contributed by atoms with Crippen molar-refractivity contribution in [2.45, 2.75) is 31.5 Å². The summed E-state index contributed by atoms with van der Waals surface area (Å²) in [5.41, 5.74) is -0.354. The Labute approximate surface area is 93.5 Å². The first-order valence-corrected chi connectivity index (χ1v) is 5.78. The molecule has 1 atom stereocenters. The molecular formula is C11H17F3N2. The van der Waals surface area contributed by atoms with Gasteiger partial charge in [-0.05, 0) is 25.8 Å². The predicted octanol–water partition coefficient (Wildman–Crippen LogP) is 1.93. The van der Waals surface area contributed by atoms with Crippen LogP contribution in [0.2, 0.25) is 0 Å². The standard InChI is InChI=1S/C11H17F3N2/c12-11(13,14)9-3-6-16(7-4-9)10-2-1-5-15-8-10/h3,10,15H,1-2,4-8H2. The van der Waals surface area contributed by atoms with Gasteiger partial charge in [-0.15, -0.1) is 0 Å². The van der Waals surface area contributed by atoms with Gasteiger partial charge >= 0.3 is 6.18 Å². The van der Waals surface area contributed by atoms with Crippen molar-refractivity contribution in [2.75, 3.05) is 26.2 Å². The number of piperidine rings is 1. The number of halogens is 3. The highest BCUT2D eigenvalue weighted by Gasteiger charge is 2.35. The fraction of sp³-hybridized carbons (Fsp3) is 0.818. The molecule has 0 bridgehead atoms. The summed E-state index contributed by atoms with van der Waals surface area (Å²) in [6.07, 6.45) is -0.422. The quantitative estimate of drug-likeness (QED) is 0.697. The lowest BCUT2D eigenvalue weighted by Gasteiger charge is -2.36. The van der Waals surface area contributed by atoms with Gasteiger partial charge in [0.2, 0.25) is 0 Å². The highest BCUT2D eigenvalue weighted by Crippen LogP contribution is 2.30. The van der Waals surface area contributed by atoms with Crippen LogP contribution in [-0.2, 0) is 0 Å². The van der Waals surface area contributed by atoms with E-state index in [9.17, 15) is 13.2 Å². The fourth-order valence-electron chi connectivity index (χ4n) is 2.42. The van der Waals surface area contributed by atoms with Crippen LogP contribution >= 0.6 is 0 Å². The smallest absolute Gasteiger partial charge is 0.315 e. The van der Waals surface area contributed by atoms with Crippen LogP contribution < -0.4 is 5.32 Å². The van der Waals surface area contributed by atoms with E-state index in [0.717, 1.165) is 25.9 Å². The zero-order chi connectivity index (χ0) is 11.6. The number of hydrogen-bond donors (Lipinski definition) is 1. The molecule has 1 saturated heterocycles. The predicted molar refractivity (Wildman–Crippen MR) is 56.2 cm³/mol. The Morgan fingerprint density at radius 3 is 2.69 bits per heavy atom. The van der Waals surface area contributed by atoms with Crippen molar-refractivity contribution in [1.29, 1.82) is 0 Å².